The maximum Gasteiger partial charge on any atom is 0.173 e. The van der Waals surface area contributed by atoms with Gasteiger partial charge in [-0.1, -0.05) is 0 Å². The van der Waals surface area contributed by atoms with E-state index in [9.17, 15) is 0 Å². The van der Waals surface area contributed by atoms with E-state index in [2.05, 4.69) is 0 Å². The van der Waals surface area contributed by atoms with Gasteiger partial charge >= 0.3 is 0 Å². The Bertz CT molecular complexity index is 248. The topological polar surface area (TPSA) is 18.5 Å². The molecule has 2 heteroatoms. The average molecular weight is 222 g/mol. The summed E-state index contributed by atoms with van der Waals surface area (Å²) in [4.78, 5) is 0. The highest BCUT2D eigenvalue weighted by Gasteiger charge is 2.59. The molecule has 0 atom stereocenters. The molecule has 5 aliphatic rings. The molecule has 0 aromatic carbocycles. The minimum Gasteiger partial charge on any atom is -0.349 e. The minimum absolute atomic E-state index is 0.135. The summed E-state index contributed by atoms with van der Waals surface area (Å²) in [7, 11) is 0. The van der Waals surface area contributed by atoms with Gasteiger partial charge in [0.25, 0.3) is 0 Å². The van der Waals surface area contributed by atoms with Crippen molar-refractivity contribution < 1.29 is 9.47 Å². The Kier molecular flexibility index (Phi) is 2.14. The monoisotopic (exact) mass is 222 g/mol. The summed E-state index contributed by atoms with van der Waals surface area (Å²) in [5, 5.41) is 0. The zero-order valence-electron chi connectivity index (χ0n) is 9.99. The Labute approximate surface area is 97.7 Å². The van der Waals surface area contributed by atoms with E-state index >= 15 is 0 Å². The molecule has 4 aliphatic carbocycles. The molecule has 0 amide bonds. The van der Waals surface area contributed by atoms with Crippen LogP contribution in [0.5, 0.6) is 0 Å². The van der Waals surface area contributed by atoms with Gasteiger partial charge < -0.3 is 9.47 Å². The lowest BCUT2D eigenvalue weighted by atomic mass is 9.53. The van der Waals surface area contributed by atoms with Crippen molar-refractivity contribution in [3.8, 4) is 0 Å². The Hall–Kier alpha value is -0.0800. The molecule has 1 heterocycles. The van der Waals surface area contributed by atoms with Gasteiger partial charge in [-0.15, -0.1) is 0 Å². The van der Waals surface area contributed by atoms with E-state index in [1.54, 1.807) is 0 Å². The van der Waals surface area contributed by atoms with Crippen LogP contribution in [0.1, 0.15) is 44.9 Å². The number of hydrogen-bond donors (Lipinski definition) is 0. The van der Waals surface area contributed by atoms with Gasteiger partial charge in [-0.05, 0) is 56.8 Å². The molecule has 5 rings (SSSR count). The summed E-state index contributed by atoms with van der Waals surface area (Å²) >= 11 is 0. The fourth-order valence-corrected chi connectivity index (χ4v) is 5.02. The van der Waals surface area contributed by atoms with Crippen molar-refractivity contribution in [1.82, 2.24) is 0 Å². The van der Waals surface area contributed by atoms with Crippen LogP contribution in [0.25, 0.3) is 0 Å². The Morgan fingerprint density at radius 3 is 1.69 bits per heavy atom. The van der Waals surface area contributed by atoms with E-state index in [1.807, 2.05) is 0 Å². The van der Waals surface area contributed by atoms with Gasteiger partial charge in [-0.3, -0.25) is 0 Å². The lowest BCUT2D eigenvalue weighted by molar-refractivity contribution is -0.331. The predicted molar refractivity (Wildman–Crippen MR) is 60.9 cm³/mol. The van der Waals surface area contributed by atoms with Crippen LogP contribution in [0.15, 0.2) is 0 Å². The molecule has 0 unspecified atom stereocenters. The molecule has 0 aromatic heterocycles. The second-order valence-electron chi connectivity index (χ2n) is 6.43. The first kappa shape index (κ1) is 9.90. The lowest BCUT2D eigenvalue weighted by Crippen LogP contribution is -2.60. The lowest BCUT2D eigenvalue weighted by Gasteiger charge is -2.59. The van der Waals surface area contributed by atoms with Gasteiger partial charge in [0, 0.05) is 11.8 Å². The Balaban J connectivity index is 1.67. The van der Waals surface area contributed by atoms with Crippen LogP contribution in [-0.4, -0.2) is 19.0 Å². The summed E-state index contributed by atoms with van der Waals surface area (Å²) in [5.41, 5.74) is 0. The highest BCUT2D eigenvalue weighted by atomic mass is 16.7. The molecule has 5 fully saturated rings. The van der Waals surface area contributed by atoms with Gasteiger partial charge in [0.1, 0.15) is 0 Å². The van der Waals surface area contributed by atoms with Crippen LogP contribution in [0.4, 0.5) is 0 Å². The van der Waals surface area contributed by atoms with Crippen LogP contribution >= 0.6 is 0 Å². The maximum atomic E-state index is 6.25. The molecule has 0 N–H and O–H groups in total. The molecule has 0 radical (unpaired) electrons. The van der Waals surface area contributed by atoms with Crippen molar-refractivity contribution in [3.05, 3.63) is 0 Å². The van der Waals surface area contributed by atoms with E-state index in [0.717, 1.165) is 36.9 Å². The van der Waals surface area contributed by atoms with Gasteiger partial charge in [-0.2, -0.15) is 0 Å². The quantitative estimate of drug-likeness (QED) is 0.627. The fourth-order valence-electron chi connectivity index (χ4n) is 5.02. The predicted octanol–water partition coefficient (Wildman–Crippen LogP) is 2.97. The summed E-state index contributed by atoms with van der Waals surface area (Å²) in [6, 6.07) is 0. The number of hydrogen-bond acceptors (Lipinski definition) is 2. The molecule has 0 aromatic rings. The van der Waals surface area contributed by atoms with Crippen LogP contribution in [0, 0.1) is 23.7 Å². The third-order valence-corrected chi connectivity index (χ3v) is 5.47. The van der Waals surface area contributed by atoms with Crippen molar-refractivity contribution in [3.63, 3.8) is 0 Å². The smallest absolute Gasteiger partial charge is 0.173 e. The highest BCUT2D eigenvalue weighted by molar-refractivity contribution is 5.04. The van der Waals surface area contributed by atoms with E-state index in [4.69, 9.17) is 9.47 Å². The van der Waals surface area contributed by atoms with Gasteiger partial charge in [0.05, 0.1) is 13.2 Å². The minimum atomic E-state index is -0.135. The van der Waals surface area contributed by atoms with Crippen molar-refractivity contribution >= 4 is 0 Å². The molecule has 1 spiro atoms. The summed E-state index contributed by atoms with van der Waals surface area (Å²) in [6.07, 6.45) is 9.41. The van der Waals surface area contributed by atoms with Crippen molar-refractivity contribution in [2.75, 3.05) is 13.2 Å². The Morgan fingerprint density at radius 1 is 0.688 bits per heavy atom. The third kappa shape index (κ3) is 1.26. The second-order valence-corrected chi connectivity index (χ2v) is 6.43. The summed E-state index contributed by atoms with van der Waals surface area (Å²) < 4.78 is 12.5. The van der Waals surface area contributed by atoms with Crippen LogP contribution in [0.3, 0.4) is 0 Å². The molecule has 90 valence electrons. The van der Waals surface area contributed by atoms with Crippen LogP contribution in [0.2, 0.25) is 0 Å². The van der Waals surface area contributed by atoms with Gasteiger partial charge in [0.15, 0.2) is 5.79 Å². The molecular formula is C14H22O2. The molecule has 1 aliphatic heterocycles. The van der Waals surface area contributed by atoms with Gasteiger partial charge in [0.2, 0.25) is 0 Å². The first-order valence-corrected chi connectivity index (χ1v) is 7.15. The van der Waals surface area contributed by atoms with Crippen LogP contribution < -0.4 is 0 Å². The van der Waals surface area contributed by atoms with E-state index in [0.29, 0.717) is 0 Å². The Morgan fingerprint density at radius 2 is 1.19 bits per heavy atom. The SMILES string of the molecule is C1CCOC2(OC1)C1CC3CC(C1)CC2C3. The zero-order valence-corrected chi connectivity index (χ0v) is 9.99. The second kappa shape index (κ2) is 3.46. The molecule has 4 bridgehead atoms. The normalized spacial score (nSPS) is 49.5. The van der Waals surface area contributed by atoms with Gasteiger partial charge in [-0.25, -0.2) is 0 Å². The molecule has 16 heavy (non-hydrogen) atoms. The van der Waals surface area contributed by atoms with E-state index < -0.39 is 0 Å². The van der Waals surface area contributed by atoms with E-state index in [1.165, 1.54) is 44.9 Å². The summed E-state index contributed by atoms with van der Waals surface area (Å²) in [5.74, 6) is 3.32. The highest BCUT2D eigenvalue weighted by Crippen LogP contribution is 2.60. The first-order chi connectivity index (χ1) is 7.87. The van der Waals surface area contributed by atoms with Crippen molar-refractivity contribution in [1.29, 1.82) is 0 Å². The zero-order chi connectivity index (χ0) is 10.6. The number of rotatable bonds is 0. The molecule has 2 nitrogen and oxygen atoms in total. The van der Waals surface area contributed by atoms with E-state index in [-0.39, 0.29) is 5.79 Å². The fraction of sp³-hybridized carbons (Fsp3) is 1.00. The van der Waals surface area contributed by atoms with Crippen molar-refractivity contribution in [2.45, 2.75) is 50.7 Å². The number of ether oxygens (including phenoxy) is 2. The third-order valence-electron chi connectivity index (χ3n) is 5.47. The maximum absolute atomic E-state index is 6.25. The average Bonchev–Trinajstić information content (AvgIpc) is 2.51. The van der Waals surface area contributed by atoms with Crippen molar-refractivity contribution in [2.24, 2.45) is 23.7 Å². The summed E-state index contributed by atoms with van der Waals surface area (Å²) in [6.45, 7) is 1.87. The standard InChI is InChI=1S/C14H22O2/c1-2-4-16-14(15-3-1)12-6-10-5-11(8-12)9-13(14)7-10/h10-13H,1-9H2. The largest absolute Gasteiger partial charge is 0.349 e. The molecular weight excluding hydrogens is 200 g/mol. The first-order valence-electron chi connectivity index (χ1n) is 7.15. The molecule has 4 saturated carbocycles. The molecule has 1 saturated heterocycles. The van der Waals surface area contributed by atoms with Crippen LogP contribution in [-0.2, 0) is 9.47 Å².